The fraction of sp³-hybridized carbons (Fsp3) is 0.308. The molecule has 0 radical (unpaired) electrons. The molecule has 0 aliphatic carbocycles. The van der Waals surface area contributed by atoms with Crippen LogP contribution in [-0.4, -0.2) is 9.78 Å². The van der Waals surface area contributed by atoms with Crippen molar-refractivity contribution in [2.75, 3.05) is 5.73 Å². The highest BCUT2D eigenvalue weighted by molar-refractivity contribution is 7.98. The van der Waals surface area contributed by atoms with E-state index in [4.69, 9.17) is 5.73 Å². The molecule has 1 aromatic heterocycles. The third-order valence-electron chi connectivity index (χ3n) is 2.67. The summed E-state index contributed by atoms with van der Waals surface area (Å²) in [7, 11) is 1.93. The van der Waals surface area contributed by atoms with Crippen molar-refractivity contribution >= 4 is 17.4 Å². The highest BCUT2D eigenvalue weighted by Crippen LogP contribution is 2.29. The molecular formula is C13H17N3S. The standard InChI is InChI=1S/C13H17N3S/c1-9-5-4-6-11(7-9)8-17-13-12(14)10(2)15-16(13)3/h4-7H,8,14H2,1-3H3. The summed E-state index contributed by atoms with van der Waals surface area (Å²) in [6, 6.07) is 8.53. The second-order valence-corrected chi connectivity index (χ2v) is 5.17. The summed E-state index contributed by atoms with van der Waals surface area (Å²) in [6.07, 6.45) is 0. The molecule has 0 unspecified atom stereocenters. The van der Waals surface area contributed by atoms with Crippen molar-refractivity contribution in [3.05, 3.63) is 41.1 Å². The molecule has 4 heteroatoms. The Morgan fingerprint density at radius 3 is 2.71 bits per heavy atom. The zero-order valence-corrected chi connectivity index (χ0v) is 11.2. The lowest BCUT2D eigenvalue weighted by molar-refractivity contribution is 0.693. The van der Waals surface area contributed by atoms with E-state index in [1.165, 1.54) is 11.1 Å². The largest absolute Gasteiger partial charge is 0.395 e. The van der Waals surface area contributed by atoms with Gasteiger partial charge in [0.15, 0.2) is 0 Å². The molecule has 0 spiro atoms. The van der Waals surface area contributed by atoms with Crippen molar-refractivity contribution in [1.82, 2.24) is 9.78 Å². The van der Waals surface area contributed by atoms with Gasteiger partial charge in [0.25, 0.3) is 0 Å². The van der Waals surface area contributed by atoms with Gasteiger partial charge in [0.2, 0.25) is 0 Å². The van der Waals surface area contributed by atoms with Gasteiger partial charge in [-0.2, -0.15) is 5.10 Å². The smallest absolute Gasteiger partial charge is 0.117 e. The first-order valence-corrected chi connectivity index (χ1v) is 6.54. The highest BCUT2D eigenvalue weighted by atomic mass is 32.2. The lowest BCUT2D eigenvalue weighted by Gasteiger charge is -2.04. The van der Waals surface area contributed by atoms with Crippen LogP contribution in [-0.2, 0) is 12.8 Å². The number of benzene rings is 1. The van der Waals surface area contributed by atoms with Gasteiger partial charge < -0.3 is 5.73 Å². The van der Waals surface area contributed by atoms with E-state index >= 15 is 0 Å². The number of aryl methyl sites for hydroxylation is 3. The normalized spacial score (nSPS) is 10.8. The van der Waals surface area contributed by atoms with Crippen LogP contribution < -0.4 is 5.73 Å². The van der Waals surface area contributed by atoms with Crippen molar-refractivity contribution in [2.24, 2.45) is 7.05 Å². The van der Waals surface area contributed by atoms with Crippen molar-refractivity contribution in [3.8, 4) is 0 Å². The van der Waals surface area contributed by atoms with Crippen LogP contribution in [0.5, 0.6) is 0 Å². The quantitative estimate of drug-likeness (QED) is 0.848. The van der Waals surface area contributed by atoms with Gasteiger partial charge in [-0.1, -0.05) is 41.6 Å². The molecule has 0 amide bonds. The SMILES string of the molecule is Cc1cccc(CSc2c(N)c(C)nn2C)c1. The van der Waals surface area contributed by atoms with Gasteiger partial charge in [-0.05, 0) is 19.4 Å². The third kappa shape index (κ3) is 2.64. The molecular weight excluding hydrogens is 230 g/mol. The monoisotopic (exact) mass is 247 g/mol. The maximum Gasteiger partial charge on any atom is 0.117 e. The molecule has 2 rings (SSSR count). The predicted octanol–water partition coefficient (Wildman–Crippen LogP) is 2.91. The number of hydrogen-bond acceptors (Lipinski definition) is 3. The lowest BCUT2D eigenvalue weighted by Crippen LogP contribution is -1.94. The van der Waals surface area contributed by atoms with E-state index in [2.05, 4.69) is 36.3 Å². The first-order valence-electron chi connectivity index (χ1n) is 5.55. The molecule has 17 heavy (non-hydrogen) atoms. The Labute approximate surface area is 106 Å². The predicted molar refractivity (Wildman–Crippen MR) is 73.1 cm³/mol. The number of aromatic nitrogens is 2. The molecule has 1 heterocycles. The Balaban J connectivity index is 2.12. The molecule has 0 aliphatic rings. The zero-order valence-electron chi connectivity index (χ0n) is 10.4. The van der Waals surface area contributed by atoms with E-state index in [1.807, 2.05) is 18.7 Å². The first kappa shape index (κ1) is 12.0. The van der Waals surface area contributed by atoms with Gasteiger partial charge in [0.1, 0.15) is 5.03 Å². The zero-order chi connectivity index (χ0) is 12.4. The fourth-order valence-electron chi connectivity index (χ4n) is 1.78. The maximum atomic E-state index is 5.99. The van der Waals surface area contributed by atoms with Crippen LogP contribution in [0.1, 0.15) is 16.8 Å². The van der Waals surface area contributed by atoms with Crippen LogP contribution in [0.2, 0.25) is 0 Å². The van der Waals surface area contributed by atoms with Crippen LogP contribution in [0.15, 0.2) is 29.3 Å². The summed E-state index contributed by atoms with van der Waals surface area (Å²) in [5.74, 6) is 0.921. The van der Waals surface area contributed by atoms with Crippen LogP contribution in [0.25, 0.3) is 0 Å². The second-order valence-electron chi connectivity index (χ2n) is 4.21. The Kier molecular flexibility index (Phi) is 3.43. The molecule has 3 nitrogen and oxygen atoms in total. The molecule has 0 atom stereocenters. The Hall–Kier alpha value is -1.42. The van der Waals surface area contributed by atoms with Crippen molar-refractivity contribution in [2.45, 2.75) is 24.6 Å². The van der Waals surface area contributed by atoms with Crippen LogP contribution in [0, 0.1) is 13.8 Å². The number of nitrogens with zero attached hydrogens (tertiary/aromatic N) is 2. The summed E-state index contributed by atoms with van der Waals surface area (Å²) >= 11 is 1.73. The summed E-state index contributed by atoms with van der Waals surface area (Å²) < 4.78 is 1.85. The molecule has 0 saturated carbocycles. The summed E-state index contributed by atoms with van der Waals surface area (Å²) in [4.78, 5) is 0. The molecule has 1 aromatic carbocycles. The maximum absolute atomic E-state index is 5.99. The number of hydrogen-bond donors (Lipinski definition) is 1. The van der Waals surface area contributed by atoms with Crippen molar-refractivity contribution in [3.63, 3.8) is 0 Å². The molecule has 0 bridgehead atoms. The minimum absolute atomic E-state index is 0.796. The number of rotatable bonds is 3. The number of thioether (sulfide) groups is 1. The minimum Gasteiger partial charge on any atom is -0.395 e. The van der Waals surface area contributed by atoms with Crippen molar-refractivity contribution in [1.29, 1.82) is 0 Å². The number of nitrogen functional groups attached to an aromatic ring is 1. The van der Waals surface area contributed by atoms with Gasteiger partial charge >= 0.3 is 0 Å². The Morgan fingerprint density at radius 2 is 2.12 bits per heavy atom. The number of anilines is 1. The van der Waals surface area contributed by atoms with Crippen LogP contribution >= 0.6 is 11.8 Å². The van der Waals surface area contributed by atoms with E-state index in [0.717, 1.165) is 22.2 Å². The van der Waals surface area contributed by atoms with Gasteiger partial charge in [0.05, 0.1) is 11.4 Å². The van der Waals surface area contributed by atoms with Gasteiger partial charge in [0, 0.05) is 12.8 Å². The average Bonchev–Trinajstić information content (AvgIpc) is 2.51. The van der Waals surface area contributed by atoms with E-state index < -0.39 is 0 Å². The van der Waals surface area contributed by atoms with E-state index in [0.29, 0.717) is 0 Å². The Morgan fingerprint density at radius 1 is 1.35 bits per heavy atom. The van der Waals surface area contributed by atoms with Crippen LogP contribution in [0.4, 0.5) is 5.69 Å². The average molecular weight is 247 g/mol. The second kappa shape index (κ2) is 4.84. The van der Waals surface area contributed by atoms with Crippen molar-refractivity contribution < 1.29 is 0 Å². The minimum atomic E-state index is 0.796. The Bertz CT molecular complexity index is 531. The molecule has 2 N–H and O–H groups in total. The van der Waals surface area contributed by atoms with E-state index in [9.17, 15) is 0 Å². The molecule has 2 aromatic rings. The molecule has 0 aliphatic heterocycles. The van der Waals surface area contributed by atoms with E-state index in [1.54, 1.807) is 11.8 Å². The third-order valence-corrected chi connectivity index (χ3v) is 3.91. The van der Waals surface area contributed by atoms with Gasteiger partial charge in [-0.3, -0.25) is 4.68 Å². The fourth-order valence-corrected chi connectivity index (χ4v) is 2.79. The van der Waals surface area contributed by atoms with E-state index in [-0.39, 0.29) is 0 Å². The summed E-state index contributed by atoms with van der Waals surface area (Å²) in [6.45, 7) is 4.04. The topological polar surface area (TPSA) is 43.8 Å². The van der Waals surface area contributed by atoms with Gasteiger partial charge in [-0.15, -0.1) is 0 Å². The molecule has 0 saturated heterocycles. The highest BCUT2D eigenvalue weighted by Gasteiger charge is 2.10. The molecule has 90 valence electrons. The number of nitrogens with two attached hydrogens (primary N) is 1. The first-order chi connectivity index (χ1) is 8.08. The summed E-state index contributed by atoms with van der Waals surface area (Å²) in [5, 5.41) is 5.36. The van der Waals surface area contributed by atoms with Crippen LogP contribution in [0.3, 0.4) is 0 Å². The summed E-state index contributed by atoms with van der Waals surface area (Å²) in [5.41, 5.74) is 10.3. The van der Waals surface area contributed by atoms with Gasteiger partial charge in [-0.25, -0.2) is 0 Å². The molecule has 0 fully saturated rings. The lowest BCUT2D eigenvalue weighted by atomic mass is 10.2.